The first-order chi connectivity index (χ1) is 12.2. The van der Waals surface area contributed by atoms with Crippen LogP contribution >= 0.6 is 0 Å². The molecule has 0 aromatic carbocycles. The van der Waals surface area contributed by atoms with Crippen molar-refractivity contribution in [3.05, 3.63) is 24.5 Å². The molecule has 2 aromatic heterocycles. The highest BCUT2D eigenvalue weighted by molar-refractivity contribution is 5.74. The van der Waals surface area contributed by atoms with Gasteiger partial charge in [0, 0.05) is 45.0 Å². The summed E-state index contributed by atoms with van der Waals surface area (Å²) >= 11 is 0. The van der Waals surface area contributed by atoms with Crippen molar-refractivity contribution in [3.63, 3.8) is 0 Å². The van der Waals surface area contributed by atoms with Crippen LogP contribution in [0.15, 0.2) is 23.1 Å². The molecule has 0 bridgehead atoms. The van der Waals surface area contributed by atoms with E-state index in [4.69, 9.17) is 4.52 Å². The van der Waals surface area contributed by atoms with Gasteiger partial charge in [-0.1, -0.05) is 5.16 Å². The van der Waals surface area contributed by atoms with Gasteiger partial charge in [-0.2, -0.15) is 4.98 Å². The van der Waals surface area contributed by atoms with Crippen LogP contribution in [0.25, 0.3) is 11.5 Å². The van der Waals surface area contributed by atoms with Crippen LogP contribution in [0, 0.1) is 5.92 Å². The largest absolute Gasteiger partial charge is 0.339 e. The summed E-state index contributed by atoms with van der Waals surface area (Å²) in [4.78, 5) is 29.0. The third kappa shape index (κ3) is 4.12. The molecule has 3 heterocycles. The summed E-state index contributed by atoms with van der Waals surface area (Å²) in [6.45, 7) is 7.05. The minimum absolute atomic E-state index is 0.125. The molecule has 3 rings (SSSR count). The van der Waals surface area contributed by atoms with E-state index in [0.29, 0.717) is 29.7 Å². The second-order valence-corrected chi connectivity index (χ2v) is 6.22. The lowest BCUT2D eigenvalue weighted by atomic mass is 9.95. The number of carbonyl (C=O) groups is 1. The number of urea groups is 1. The van der Waals surface area contributed by atoms with Gasteiger partial charge >= 0.3 is 6.03 Å². The van der Waals surface area contributed by atoms with Gasteiger partial charge in [-0.25, -0.2) is 9.78 Å². The van der Waals surface area contributed by atoms with Crippen LogP contribution in [-0.4, -0.2) is 62.1 Å². The lowest BCUT2D eigenvalue weighted by Crippen LogP contribution is -2.47. The maximum Gasteiger partial charge on any atom is 0.319 e. The summed E-state index contributed by atoms with van der Waals surface area (Å²) < 4.78 is 5.36. The second kappa shape index (κ2) is 8.04. The zero-order valence-corrected chi connectivity index (χ0v) is 14.8. The Morgan fingerprint density at radius 2 is 2.20 bits per heavy atom. The maximum atomic E-state index is 12.5. The molecule has 8 heteroatoms. The lowest BCUT2D eigenvalue weighted by molar-refractivity contribution is 0.129. The molecule has 2 amide bonds. The van der Waals surface area contributed by atoms with Gasteiger partial charge in [-0.15, -0.1) is 0 Å². The number of hydrogen-bond acceptors (Lipinski definition) is 6. The Labute approximate surface area is 147 Å². The molecule has 0 radical (unpaired) electrons. The van der Waals surface area contributed by atoms with Gasteiger partial charge in [0.15, 0.2) is 0 Å². The highest BCUT2D eigenvalue weighted by atomic mass is 16.5. The summed E-state index contributed by atoms with van der Waals surface area (Å²) in [5.41, 5.74) is 0.597. The number of hydrogen-bond donors (Lipinski definition) is 0. The fourth-order valence-electron chi connectivity index (χ4n) is 3.20. The van der Waals surface area contributed by atoms with Gasteiger partial charge < -0.3 is 14.3 Å². The van der Waals surface area contributed by atoms with E-state index in [9.17, 15) is 4.79 Å². The Morgan fingerprint density at radius 1 is 1.36 bits per heavy atom. The minimum Gasteiger partial charge on any atom is -0.339 e. The van der Waals surface area contributed by atoms with Crippen LogP contribution in [0.1, 0.15) is 32.6 Å². The number of nitrogens with zero attached hydrogens (tertiary/aromatic N) is 6. The van der Waals surface area contributed by atoms with E-state index in [1.807, 2.05) is 23.6 Å². The average molecular weight is 344 g/mol. The molecule has 1 fully saturated rings. The monoisotopic (exact) mass is 344 g/mol. The number of aromatic nitrogens is 4. The summed E-state index contributed by atoms with van der Waals surface area (Å²) in [7, 11) is 0. The van der Waals surface area contributed by atoms with Crippen molar-refractivity contribution in [1.29, 1.82) is 0 Å². The summed E-state index contributed by atoms with van der Waals surface area (Å²) in [5, 5.41) is 3.98. The van der Waals surface area contributed by atoms with E-state index in [-0.39, 0.29) is 6.03 Å². The highest BCUT2D eigenvalue weighted by Crippen LogP contribution is 2.22. The Morgan fingerprint density at radius 3 is 2.92 bits per heavy atom. The minimum atomic E-state index is 0.125. The lowest BCUT2D eigenvalue weighted by Gasteiger charge is -2.35. The Hall–Kier alpha value is -2.51. The Bertz CT molecular complexity index is 685. The molecular formula is C17H24N6O2. The first-order valence-electron chi connectivity index (χ1n) is 8.84. The first-order valence-corrected chi connectivity index (χ1v) is 8.84. The molecule has 134 valence electrons. The normalized spacial score (nSPS) is 17.5. The van der Waals surface area contributed by atoms with Crippen molar-refractivity contribution in [2.45, 2.75) is 33.1 Å². The van der Waals surface area contributed by atoms with E-state index < -0.39 is 0 Å². The van der Waals surface area contributed by atoms with Crippen molar-refractivity contribution < 1.29 is 9.32 Å². The fraction of sp³-hybridized carbons (Fsp3) is 0.588. The average Bonchev–Trinajstić information content (AvgIpc) is 3.12. The second-order valence-electron chi connectivity index (χ2n) is 6.22. The third-order valence-corrected chi connectivity index (χ3v) is 4.55. The van der Waals surface area contributed by atoms with Gasteiger partial charge in [-0.3, -0.25) is 4.98 Å². The van der Waals surface area contributed by atoms with Crippen LogP contribution < -0.4 is 0 Å². The Kier molecular flexibility index (Phi) is 5.57. The molecule has 1 aliphatic rings. The van der Waals surface area contributed by atoms with Gasteiger partial charge in [0.05, 0.1) is 6.20 Å². The van der Waals surface area contributed by atoms with Crippen molar-refractivity contribution >= 4 is 6.03 Å². The summed E-state index contributed by atoms with van der Waals surface area (Å²) in [6.07, 6.45) is 7.56. The maximum absolute atomic E-state index is 12.5. The van der Waals surface area contributed by atoms with E-state index in [1.165, 1.54) is 0 Å². The number of amides is 2. The van der Waals surface area contributed by atoms with E-state index in [2.05, 4.69) is 20.1 Å². The molecule has 1 unspecified atom stereocenters. The SMILES string of the molecule is CCN(CC)C(=O)N1CCCC(Cc2nc(-c3cnccn3)no2)C1. The molecule has 0 spiro atoms. The molecule has 2 aromatic rings. The van der Waals surface area contributed by atoms with E-state index in [1.54, 1.807) is 18.6 Å². The molecule has 0 aliphatic carbocycles. The van der Waals surface area contributed by atoms with E-state index >= 15 is 0 Å². The molecule has 1 saturated heterocycles. The van der Waals surface area contributed by atoms with Crippen molar-refractivity contribution in [2.24, 2.45) is 5.92 Å². The smallest absolute Gasteiger partial charge is 0.319 e. The summed E-state index contributed by atoms with van der Waals surface area (Å²) in [5.74, 6) is 1.38. The van der Waals surface area contributed by atoms with Gasteiger partial charge in [-0.05, 0) is 32.6 Å². The quantitative estimate of drug-likeness (QED) is 0.826. The predicted octanol–water partition coefficient (Wildman–Crippen LogP) is 2.24. The first kappa shape index (κ1) is 17.3. The highest BCUT2D eigenvalue weighted by Gasteiger charge is 2.27. The van der Waals surface area contributed by atoms with Crippen molar-refractivity contribution in [1.82, 2.24) is 29.9 Å². The van der Waals surface area contributed by atoms with Crippen molar-refractivity contribution in [3.8, 4) is 11.5 Å². The molecule has 0 N–H and O–H groups in total. The number of carbonyl (C=O) groups excluding carboxylic acids is 1. The number of rotatable bonds is 5. The van der Waals surface area contributed by atoms with Crippen LogP contribution in [0.2, 0.25) is 0 Å². The Balaban J connectivity index is 1.61. The number of piperidine rings is 1. The fourth-order valence-corrected chi connectivity index (χ4v) is 3.20. The molecule has 0 saturated carbocycles. The van der Waals surface area contributed by atoms with Crippen LogP contribution in [0.5, 0.6) is 0 Å². The molecule has 8 nitrogen and oxygen atoms in total. The van der Waals surface area contributed by atoms with E-state index in [0.717, 1.165) is 39.0 Å². The topological polar surface area (TPSA) is 88.3 Å². The van der Waals surface area contributed by atoms with Crippen LogP contribution in [0.4, 0.5) is 4.79 Å². The summed E-state index contributed by atoms with van der Waals surface area (Å²) in [6, 6.07) is 0.125. The van der Waals surface area contributed by atoms with Crippen LogP contribution in [-0.2, 0) is 6.42 Å². The predicted molar refractivity (Wildman–Crippen MR) is 91.6 cm³/mol. The molecule has 25 heavy (non-hydrogen) atoms. The van der Waals surface area contributed by atoms with Crippen LogP contribution in [0.3, 0.4) is 0 Å². The zero-order chi connectivity index (χ0) is 17.6. The molecular weight excluding hydrogens is 320 g/mol. The van der Waals surface area contributed by atoms with Gasteiger partial charge in [0.1, 0.15) is 5.69 Å². The standard InChI is InChI=1S/C17H24N6O2/c1-3-22(4-2)17(24)23-9-5-6-13(12-23)10-15-20-16(21-25-15)14-11-18-7-8-19-14/h7-8,11,13H,3-6,9-10,12H2,1-2H3. The van der Waals surface area contributed by atoms with Crippen molar-refractivity contribution in [2.75, 3.05) is 26.2 Å². The van der Waals surface area contributed by atoms with Gasteiger partial charge in [0.2, 0.25) is 11.7 Å². The zero-order valence-electron chi connectivity index (χ0n) is 14.8. The van der Waals surface area contributed by atoms with Gasteiger partial charge in [0.25, 0.3) is 0 Å². The molecule has 1 atom stereocenters. The third-order valence-electron chi connectivity index (χ3n) is 4.55. The number of likely N-dealkylation sites (tertiary alicyclic amines) is 1. The molecule has 1 aliphatic heterocycles.